The lowest BCUT2D eigenvalue weighted by atomic mass is 9.99. The molecule has 0 spiro atoms. The van der Waals surface area contributed by atoms with E-state index in [1.807, 2.05) is 0 Å². The predicted molar refractivity (Wildman–Crippen MR) is 111 cm³/mol. The molecule has 9 nitrogen and oxygen atoms in total. The van der Waals surface area contributed by atoms with Crippen LogP contribution in [0, 0.1) is 13.8 Å². The number of amides is 1. The van der Waals surface area contributed by atoms with E-state index in [0.717, 1.165) is 12.0 Å². The Bertz CT molecular complexity index is 1210. The minimum atomic E-state index is -0.278. The van der Waals surface area contributed by atoms with Gasteiger partial charge >= 0.3 is 0 Å². The summed E-state index contributed by atoms with van der Waals surface area (Å²) in [6.45, 7) is 4.42. The van der Waals surface area contributed by atoms with Crippen molar-refractivity contribution in [2.24, 2.45) is 0 Å². The van der Waals surface area contributed by atoms with Crippen LogP contribution in [0.3, 0.4) is 0 Å². The van der Waals surface area contributed by atoms with Gasteiger partial charge in [-0.05, 0) is 25.8 Å². The zero-order chi connectivity index (χ0) is 21.7. The number of aryl methyl sites for hydroxylation is 2. The van der Waals surface area contributed by atoms with Crippen molar-refractivity contribution in [1.82, 2.24) is 19.7 Å². The van der Waals surface area contributed by atoms with E-state index in [1.165, 1.54) is 15.0 Å². The Morgan fingerprint density at radius 2 is 1.90 bits per heavy atom. The Hall–Kier alpha value is -3.33. The third-order valence-electron chi connectivity index (χ3n) is 6.03. The number of nitrogens with zero attached hydrogens (tertiary/aromatic N) is 5. The molecule has 0 bridgehead atoms. The number of likely N-dealkylation sites (N-methyl/N-ethyl adjacent to an activating group) is 1. The molecule has 0 N–H and O–H groups in total. The number of hydrogen-bond donors (Lipinski definition) is 0. The van der Waals surface area contributed by atoms with Gasteiger partial charge in [-0.25, -0.2) is 4.98 Å². The first-order chi connectivity index (χ1) is 14.9. The summed E-state index contributed by atoms with van der Waals surface area (Å²) in [4.78, 5) is 35.2. The molecule has 0 aliphatic carbocycles. The largest absolute Gasteiger partial charge is 0.373 e. The summed E-state index contributed by atoms with van der Waals surface area (Å²) in [6.07, 6.45) is 0.928. The van der Waals surface area contributed by atoms with Gasteiger partial charge in [-0.3, -0.25) is 14.2 Å². The zero-order valence-electron chi connectivity index (χ0n) is 17.7. The van der Waals surface area contributed by atoms with Crippen molar-refractivity contribution in [2.75, 3.05) is 18.6 Å². The number of aromatic nitrogens is 4. The van der Waals surface area contributed by atoms with E-state index in [2.05, 4.69) is 46.3 Å². The number of rotatable bonds is 4. The molecule has 3 aromatic rings. The van der Waals surface area contributed by atoms with Crippen molar-refractivity contribution in [3.63, 3.8) is 0 Å². The van der Waals surface area contributed by atoms with E-state index in [4.69, 9.17) is 9.26 Å². The van der Waals surface area contributed by atoms with Crippen LogP contribution in [0.2, 0.25) is 0 Å². The fourth-order valence-electron chi connectivity index (χ4n) is 4.19. The molecule has 9 heteroatoms. The van der Waals surface area contributed by atoms with E-state index in [0.29, 0.717) is 35.5 Å². The van der Waals surface area contributed by atoms with Crippen LogP contribution in [0.4, 0.5) is 5.69 Å². The third-order valence-corrected chi connectivity index (χ3v) is 6.03. The van der Waals surface area contributed by atoms with Crippen molar-refractivity contribution >= 4 is 11.6 Å². The Morgan fingerprint density at radius 1 is 1.13 bits per heavy atom. The van der Waals surface area contributed by atoms with Crippen molar-refractivity contribution in [2.45, 2.75) is 45.3 Å². The molecule has 160 valence electrons. The number of fused-ring (bicyclic) bond motifs is 1. The molecular weight excluding hydrogens is 398 g/mol. The number of hydrogen-bond acceptors (Lipinski definition) is 7. The number of carbonyl (C=O) groups is 1. The number of anilines is 1. The second kappa shape index (κ2) is 7.42. The number of benzene rings is 1. The minimum Gasteiger partial charge on any atom is -0.373 e. The van der Waals surface area contributed by atoms with Gasteiger partial charge in [-0.2, -0.15) is 4.98 Å². The Labute approximate surface area is 178 Å². The zero-order valence-corrected chi connectivity index (χ0v) is 17.7. The van der Waals surface area contributed by atoms with Crippen LogP contribution < -0.4 is 10.5 Å². The van der Waals surface area contributed by atoms with Gasteiger partial charge in [0.25, 0.3) is 5.56 Å². The topological polar surface area (TPSA) is 103 Å². The number of carbonyl (C=O) groups excluding carboxylic acids is 1. The summed E-state index contributed by atoms with van der Waals surface area (Å²) in [5.41, 5.74) is 2.91. The van der Waals surface area contributed by atoms with Crippen LogP contribution in [0.1, 0.15) is 52.8 Å². The highest BCUT2D eigenvalue weighted by Crippen LogP contribution is 2.37. The highest BCUT2D eigenvalue weighted by Gasteiger charge is 2.32. The molecular formula is C22H23N5O4. The fourth-order valence-corrected chi connectivity index (χ4v) is 4.19. The van der Waals surface area contributed by atoms with Gasteiger partial charge in [0.2, 0.25) is 11.8 Å². The molecule has 5 rings (SSSR count). The smallest absolute Gasteiger partial charge is 0.278 e. The highest BCUT2D eigenvalue weighted by atomic mass is 16.5. The molecule has 1 amide bonds. The van der Waals surface area contributed by atoms with Crippen LogP contribution in [-0.4, -0.2) is 39.3 Å². The molecule has 0 unspecified atom stereocenters. The molecule has 31 heavy (non-hydrogen) atoms. The van der Waals surface area contributed by atoms with Gasteiger partial charge in [0.1, 0.15) is 18.1 Å². The average Bonchev–Trinajstić information content (AvgIpc) is 3.46. The Kier molecular flexibility index (Phi) is 4.70. The first-order valence-corrected chi connectivity index (χ1v) is 10.3. The lowest BCUT2D eigenvalue weighted by Gasteiger charge is -2.12. The van der Waals surface area contributed by atoms with Crippen LogP contribution in [0.25, 0.3) is 0 Å². The van der Waals surface area contributed by atoms with Gasteiger partial charge in [-0.15, -0.1) is 0 Å². The second-order valence-electron chi connectivity index (χ2n) is 8.19. The lowest BCUT2D eigenvalue weighted by Crippen LogP contribution is -2.31. The van der Waals surface area contributed by atoms with Gasteiger partial charge in [0.15, 0.2) is 5.82 Å². The monoisotopic (exact) mass is 421 g/mol. The van der Waals surface area contributed by atoms with Crippen molar-refractivity contribution in [3.05, 3.63) is 69.0 Å². The standard InChI is InChI=1S/C22H23N5O4/c1-12-4-6-14(7-5-12)17-8-15(11-30-17)21-24-18(31-25-21)10-27-13(2)23-16-9-19(28)26(3)20(16)22(27)29/h4-7,15,17H,8-11H2,1-3H3/t15-,17+/m0/s1. The van der Waals surface area contributed by atoms with Crippen molar-refractivity contribution in [3.8, 4) is 0 Å². The van der Waals surface area contributed by atoms with E-state index in [-0.39, 0.29) is 36.5 Å². The van der Waals surface area contributed by atoms with Crippen molar-refractivity contribution < 1.29 is 14.1 Å². The molecule has 0 radical (unpaired) electrons. The summed E-state index contributed by atoms with van der Waals surface area (Å²) in [7, 11) is 1.59. The maximum atomic E-state index is 12.9. The van der Waals surface area contributed by atoms with Gasteiger partial charge < -0.3 is 14.2 Å². The quantitative estimate of drug-likeness (QED) is 0.635. The number of ether oxygens (including phenoxy) is 1. The van der Waals surface area contributed by atoms with E-state index >= 15 is 0 Å². The second-order valence-corrected chi connectivity index (χ2v) is 8.19. The molecule has 2 atom stereocenters. The maximum Gasteiger partial charge on any atom is 0.278 e. The molecule has 2 aliphatic heterocycles. The molecule has 4 heterocycles. The summed E-state index contributed by atoms with van der Waals surface area (Å²) < 4.78 is 12.9. The van der Waals surface area contributed by atoms with Gasteiger partial charge in [0, 0.05) is 13.0 Å². The predicted octanol–water partition coefficient (Wildman–Crippen LogP) is 2.06. The molecule has 1 aromatic carbocycles. The average molecular weight is 421 g/mol. The van der Waals surface area contributed by atoms with Crippen LogP contribution in [0.15, 0.2) is 33.6 Å². The highest BCUT2D eigenvalue weighted by molar-refractivity contribution is 5.99. The summed E-state index contributed by atoms with van der Waals surface area (Å²) in [6, 6.07) is 8.33. The molecule has 2 aliphatic rings. The lowest BCUT2D eigenvalue weighted by molar-refractivity contribution is -0.117. The normalized spacial score (nSPS) is 20.5. The first-order valence-electron chi connectivity index (χ1n) is 10.3. The molecule has 1 saturated heterocycles. The summed E-state index contributed by atoms with van der Waals surface area (Å²) in [5, 5.41) is 4.13. The molecule has 2 aromatic heterocycles. The van der Waals surface area contributed by atoms with Gasteiger partial charge in [0.05, 0.1) is 24.8 Å². The van der Waals surface area contributed by atoms with E-state index < -0.39 is 0 Å². The Morgan fingerprint density at radius 3 is 2.68 bits per heavy atom. The third kappa shape index (κ3) is 3.44. The summed E-state index contributed by atoms with van der Waals surface area (Å²) in [5.74, 6) is 1.31. The van der Waals surface area contributed by atoms with E-state index in [9.17, 15) is 9.59 Å². The van der Waals surface area contributed by atoms with E-state index in [1.54, 1.807) is 14.0 Å². The van der Waals surface area contributed by atoms with Crippen LogP contribution in [-0.2, 0) is 22.5 Å². The van der Waals surface area contributed by atoms with Crippen molar-refractivity contribution in [1.29, 1.82) is 0 Å². The molecule has 0 saturated carbocycles. The summed E-state index contributed by atoms with van der Waals surface area (Å²) >= 11 is 0. The van der Waals surface area contributed by atoms with Crippen LogP contribution in [0.5, 0.6) is 0 Å². The Balaban J connectivity index is 1.34. The first kappa shape index (κ1) is 19.6. The molecule has 1 fully saturated rings. The van der Waals surface area contributed by atoms with Crippen LogP contribution >= 0.6 is 0 Å². The minimum absolute atomic E-state index is 0.00593. The SMILES string of the molecule is Cc1ccc([C@H]2C[C@H](c3noc(Cn4c(C)nc5c(c4=O)N(C)C(=O)C5)n3)CO2)cc1. The maximum absolute atomic E-state index is 12.9. The fraction of sp³-hybridized carbons (Fsp3) is 0.409. The van der Waals surface area contributed by atoms with Gasteiger partial charge in [-0.1, -0.05) is 35.0 Å².